The molecule has 5 nitrogen and oxygen atoms in total. The highest BCUT2D eigenvalue weighted by Gasteiger charge is 2.23. The van der Waals surface area contributed by atoms with Crippen molar-refractivity contribution in [3.05, 3.63) is 58.1 Å². The average molecular weight is 445 g/mol. The van der Waals surface area contributed by atoms with Crippen molar-refractivity contribution in [1.29, 1.82) is 0 Å². The smallest absolute Gasteiger partial charge is 0.262 e. The molecule has 0 aliphatic carbocycles. The van der Waals surface area contributed by atoms with Crippen LogP contribution in [0.3, 0.4) is 0 Å². The normalized spacial score (nSPS) is 14.6. The summed E-state index contributed by atoms with van der Waals surface area (Å²) in [5.74, 6) is 0.977. The third-order valence-corrected chi connectivity index (χ3v) is 5.49. The first kappa shape index (κ1) is 20.4. The second-order valence-corrected chi connectivity index (χ2v) is 8.18. The number of anilines is 1. The Morgan fingerprint density at radius 3 is 2.61 bits per heavy atom. The van der Waals surface area contributed by atoms with E-state index in [2.05, 4.69) is 28.2 Å². The summed E-state index contributed by atoms with van der Waals surface area (Å²) in [6, 6.07) is 12.8. The third-order valence-electron chi connectivity index (χ3n) is 5.00. The molecule has 0 unspecified atom stereocenters. The molecule has 2 aromatic carbocycles. The van der Waals surface area contributed by atoms with E-state index >= 15 is 0 Å². The molecule has 2 aromatic rings. The Morgan fingerprint density at radius 2 is 1.89 bits per heavy atom. The van der Waals surface area contributed by atoms with Gasteiger partial charge in [0.25, 0.3) is 11.8 Å². The topological polar surface area (TPSA) is 58.6 Å². The Labute approximate surface area is 174 Å². The van der Waals surface area contributed by atoms with Crippen LogP contribution in [-0.2, 0) is 4.79 Å². The van der Waals surface area contributed by atoms with Gasteiger partial charge in [0.15, 0.2) is 6.61 Å². The summed E-state index contributed by atoms with van der Waals surface area (Å²) in [7, 11) is 0. The van der Waals surface area contributed by atoms with E-state index in [9.17, 15) is 9.59 Å². The molecule has 1 aliphatic heterocycles. The zero-order chi connectivity index (χ0) is 20.1. The fraction of sp³-hybridized carbons (Fsp3) is 0.364. The lowest BCUT2D eigenvalue weighted by Gasteiger charge is -2.30. The van der Waals surface area contributed by atoms with E-state index in [1.807, 2.05) is 42.2 Å². The molecule has 3 rings (SSSR count). The second kappa shape index (κ2) is 9.24. The zero-order valence-corrected chi connectivity index (χ0v) is 17.8. The van der Waals surface area contributed by atoms with Crippen molar-refractivity contribution in [2.75, 3.05) is 25.0 Å². The maximum absolute atomic E-state index is 12.9. The number of halogens is 1. The molecule has 0 atom stereocenters. The lowest BCUT2D eigenvalue weighted by atomic mass is 9.98. The van der Waals surface area contributed by atoms with Crippen molar-refractivity contribution in [2.45, 2.75) is 26.7 Å². The second-order valence-electron chi connectivity index (χ2n) is 7.27. The third kappa shape index (κ3) is 5.13. The van der Waals surface area contributed by atoms with Crippen LogP contribution in [0.4, 0.5) is 5.69 Å². The molecule has 6 heteroatoms. The molecule has 1 heterocycles. The predicted molar refractivity (Wildman–Crippen MR) is 114 cm³/mol. The number of rotatable bonds is 5. The molecule has 148 valence electrons. The summed E-state index contributed by atoms with van der Waals surface area (Å²) in [5.41, 5.74) is 1.98. The Hall–Kier alpha value is -2.34. The summed E-state index contributed by atoms with van der Waals surface area (Å²) in [6.45, 7) is 5.53. The van der Waals surface area contributed by atoms with E-state index in [0.29, 0.717) is 22.9 Å². The molecular weight excluding hydrogens is 420 g/mol. The van der Waals surface area contributed by atoms with Crippen molar-refractivity contribution >= 4 is 33.4 Å². The first-order valence-corrected chi connectivity index (χ1v) is 10.3. The minimum absolute atomic E-state index is 0.0347. The monoisotopic (exact) mass is 444 g/mol. The summed E-state index contributed by atoms with van der Waals surface area (Å²) in [4.78, 5) is 27.2. The van der Waals surface area contributed by atoms with Crippen LogP contribution in [0.25, 0.3) is 0 Å². The number of ether oxygens (including phenoxy) is 1. The number of aryl methyl sites for hydroxylation is 1. The van der Waals surface area contributed by atoms with Gasteiger partial charge in [-0.25, -0.2) is 0 Å². The number of carbonyl (C=O) groups excluding carboxylic acids is 2. The highest BCUT2D eigenvalue weighted by molar-refractivity contribution is 9.10. The van der Waals surface area contributed by atoms with Gasteiger partial charge in [0.05, 0.1) is 11.3 Å². The molecule has 1 saturated heterocycles. The number of amides is 2. The lowest BCUT2D eigenvalue weighted by Crippen LogP contribution is -2.38. The van der Waals surface area contributed by atoms with Gasteiger partial charge in [-0.3, -0.25) is 9.59 Å². The van der Waals surface area contributed by atoms with E-state index in [0.717, 1.165) is 36.0 Å². The zero-order valence-electron chi connectivity index (χ0n) is 16.2. The van der Waals surface area contributed by atoms with Crippen LogP contribution >= 0.6 is 15.9 Å². The maximum atomic E-state index is 12.9. The predicted octanol–water partition coefficient (Wildman–Crippen LogP) is 4.65. The molecule has 0 bridgehead atoms. The Morgan fingerprint density at radius 1 is 1.18 bits per heavy atom. The van der Waals surface area contributed by atoms with Gasteiger partial charge in [0, 0.05) is 17.6 Å². The van der Waals surface area contributed by atoms with Gasteiger partial charge in [-0.1, -0.05) is 35.0 Å². The molecule has 0 aromatic heterocycles. The average Bonchev–Trinajstić information content (AvgIpc) is 2.68. The van der Waals surface area contributed by atoms with Gasteiger partial charge >= 0.3 is 0 Å². The fourth-order valence-corrected chi connectivity index (χ4v) is 3.74. The van der Waals surface area contributed by atoms with Gasteiger partial charge in [0.2, 0.25) is 0 Å². The van der Waals surface area contributed by atoms with Gasteiger partial charge in [-0.2, -0.15) is 0 Å². The van der Waals surface area contributed by atoms with Crippen LogP contribution < -0.4 is 10.1 Å². The number of likely N-dealkylation sites (tertiary alicyclic amines) is 1. The van der Waals surface area contributed by atoms with E-state index in [1.165, 1.54) is 0 Å². The van der Waals surface area contributed by atoms with Crippen molar-refractivity contribution in [1.82, 2.24) is 4.90 Å². The first-order chi connectivity index (χ1) is 13.4. The SMILES string of the molecule is Cc1cc(Br)ccc1OCC(=O)Nc1ccccc1C(=O)N1CCC(C)CC1. The van der Waals surface area contributed by atoms with Crippen LogP contribution in [0, 0.1) is 12.8 Å². The number of benzene rings is 2. The summed E-state index contributed by atoms with van der Waals surface area (Å²) in [6.07, 6.45) is 2.03. The molecule has 28 heavy (non-hydrogen) atoms. The summed E-state index contributed by atoms with van der Waals surface area (Å²) < 4.78 is 6.59. The molecule has 1 fully saturated rings. The Kier molecular flexibility index (Phi) is 6.73. The molecule has 0 saturated carbocycles. The number of para-hydroxylation sites is 1. The molecule has 2 amide bonds. The minimum Gasteiger partial charge on any atom is -0.483 e. The number of carbonyl (C=O) groups is 2. The van der Waals surface area contributed by atoms with Gasteiger partial charge < -0.3 is 15.0 Å². The van der Waals surface area contributed by atoms with Crippen molar-refractivity contribution in [3.63, 3.8) is 0 Å². The van der Waals surface area contributed by atoms with Crippen LogP contribution in [0.15, 0.2) is 46.9 Å². The molecule has 1 N–H and O–H groups in total. The number of nitrogens with one attached hydrogen (secondary N) is 1. The quantitative estimate of drug-likeness (QED) is 0.729. The van der Waals surface area contributed by atoms with Gasteiger partial charge in [0.1, 0.15) is 5.75 Å². The van der Waals surface area contributed by atoms with E-state index in [4.69, 9.17) is 4.74 Å². The van der Waals surface area contributed by atoms with Gasteiger partial charge in [-0.05, 0) is 61.6 Å². The maximum Gasteiger partial charge on any atom is 0.262 e. The van der Waals surface area contributed by atoms with E-state index in [1.54, 1.807) is 12.1 Å². The van der Waals surface area contributed by atoms with Crippen LogP contribution in [0.5, 0.6) is 5.75 Å². The van der Waals surface area contributed by atoms with Crippen LogP contribution in [0.2, 0.25) is 0 Å². The van der Waals surface area contributed by atoms with Crippen molar-refractivity contribution in [2.24, 2.45) is 5.92 Å². The van der Waals surface area contributed by atoms with Gasteiger partial charge in [-0.15, -0.1) is 0 Å². The van der Waals surface area contributed by atoms with Crippen LogP contribution in [0.1, 0.15) is 35.7 Å². The Bertz CT molecular complexity index is 861. The van der Waals surface area contributed by atoms with E-state index in [-0.39, 0.29) is 18.4 Å². The van der Waals surface area contributed by atoms with Crippen molar-refractivity contribution in [3.8, 4) is 5.75 Å². The minimum atomic E-state index is -0.296. The highest BCUT2D eigenvalue weighted by atomic mass is 79.9. The molecule has 1 aliphatic rings. The summed E-state index contributed by atoms with van der Waals surface area (Å²) >= 11 is 3.41. The Balaban J connectivity index is 1.64. The fourth-order valence-electron chi connectivity index (χ4n) is 3.26. The summed E-state index contributed by atoms with van der Waals surface area (Å²) in [5, 5.41) is 2.82. The standard InChI is InChI=1S/C22H25BrN2O3/c1-15-9-11-25(12-10-15)22(27)18-5-3-4-6-19(18)24-21(26)14-28-20-8-7-17(23)13-16(20)2/h3-8,13,15H,9-12,14H2,1-2H3,(H,24,26). The number of piperidine rings is 1. The van der Waals surface area contributed by atoms with Crippen molar-refractivity contribution < 1.29 is 14.3 Å². The number of hydrogen-bond donors (Lipinski definition) is 1. The largest absolute Gasteiger partial charge is 0.483 e. The van der Waals surface area contributed by atoms with Crippen LogP contribution in [-0.4, -0.2) is 36.4 Å². The highest BCUT2D eigenvalue weighted by Crippen LogP contribution is 2.23. The number of hydrogen-bond acceptors (Lipinski definition) is 3. The molecule has 0 spiro atoms. The number of nitrogens with zero attached hydrogens (tertiary/aromatic N) is 1. The molecule has 0 radical (unpaired) electrons. The first-order valence-electron chi connectivity index (χ1n) is 9.51. The lowest BCUT2D eigenvalue weighted by molar-refractivity contribution is -0.118. The van der Waals surface area contributed by atoms with E-state index < -0.39 is 0 Å². The molecular formula is C22H25BrN2O3.